The fourth-order valence-electron chi connectivity index (χ4n) is 0. The van der Waals surface area contributed by atoms with E-state index in [-0.39, 0.29) is 100 Å². The van der Waals surface area contributed by atoms with E-state index in [2.05, 4.69) is 0 Å². The molecule has 0 saturated heterocycles. The van der Waals surface area contributed by atoms with Crippen LogP contribution in [-0.2, 0) is 91.7 Å². The van der Waals surface area contributed by atoms with Crippen molar-refractivity contribution >= 4 is 8.41 Å². The number of hydrogen-bond donors (Lipinski definition) is 0. The predicted molar refractivity (Wildman–Crippen MR) is 5.75 cm³/mol. The molecule has 0 heterocycles. The molecule has 0 aliphatic rings. The normalized spacial score (nSPS) is 0. The summed E-state index contributed by atoms with van der Waals surface area (Å²) in [5, 5.41) is 0. The van der Waals surface area contributed by atoms with Crippen LogP contribution in [0.4, 0.5) is 0 Å². The van der Waals surface area contributed by atoms with Gasteiger partial charge < -0.3 is 0 Å². The SMILES string of the molecule is [B].[Cu].[Fe].[Mn].[Mo].[Zn]. The molecule has 0 atom stereocenters. The van der Waals surface area contributed by atoms with E-state index in [4.69, 9.17) is 0 Å². The van der Waals surface area contributed by atoms with Crippen LogP contribution in [0.15, 0.2) is 0 Å². The largest absolute Gasteiger partial charge is 0 e. The second-order valence-electron chi connectivity index (χ2n) is 0. The molecule has 0 rings (SSSR count). The van der Waals surface area contributed by atoms with Gasteiger partial charge in [-0.05, 0) is 0 Å². The van der Waals surface area contributed by atoms with Crippen LogP contribution in [0.3, 0.4) is 0 Å². The van der Waals surface area contributed by atoms with Crippen LogP contribution in [0.25, 0.3) is 0 Å². The summed E-state index contributed by atoms with van der Waals surface area (Å²) >= 11 is 0. The molecule has 0 aromatic carbocycles. The van der Waals surface area contributed by atoms with Crippen LogP contribution in [-0.4, -0.2) is 8.41 Å². The molecule has 0 aromatic heterocycles. The van der Waals surface area contributed by atoms with Crippen LogP contribution < -0.4 is 0 Å². The molecule has 0 aromatic rings. The zero-order valence-corrected chi connectivity index (χ0v) is 10.9. The molecule has 37 valence electrons. The fraction of sp³-hybridized carbons (Fsp3) is 0. The quantitative estimate of drug-likeness (QED) is 0.524. The van der Waals surface area contributed by atoms with Crippen molar-refractivity contribution in [1.29, 1.82) is 0 Å². The van der Waals surface area contributed by atoms with Crippen molar-refractivity contribution in [1.82, 2.24) is 0 Å². The van der Waals surface area contributed by atoms with Crippen molar-refractivity contribution in [3.8, 4) is 0 Å². The van der Waals surface area contributed by atoms with Crippen LogP contribution in [0.2, 0.25) is 0 Å². The summed E-state index contributed by atoms with van der Waals surface area (Å²) in [5.74, 6) is 0. The first-order chi connectivity index (χ1) is 0. The molecule has 0 fully saturated rings. The molecule has 6 heteroatoms. The maximum absolute atomic E-state index is 0. The van der Waals surface area contributed by atoms with E-state index in [0.717, 1.165) is 0 Å². The molecule has 5 radical (unpaired) electrons. The van der Waals surface area contributed by atoms with E-state index in [0.29, 0.717) is 0 Å². The molecule has 0 saturated carbocycles. The van der Waals surface area contributed by atoms with E-state index in [9.17, 15) is 0 Å². The molecule has 0 aliphatic carbocycles. The summed E-state index contributed by atoms with van der Waals surface area (Å²) in [4.78, 5) is 0. The fourth-order valence-corrected chi connectivity index (χ4v) is 0. The summed E-state index contributed by atoms with van der Waals surface area (Å²) in [6.45, 7) is 0. The van der Waals surface area contributed by atoms with Gasteiger partial charge in [-0.1, -0.05) is 0 Å². The Morgan fingerprint density at radius 2 is 1.00 bits per heavy atom. The minimum absolute atomic E-state index is 0. The van der Waals surface area contributed by atoms with Crippen LogP contribution in [0, 0.1) is 0 Å². The molecule has 0 unspecified atom stereocenters. The Hall–Kier alpha value is 2.94. The first kappa shape index (κ1) is 65.3. The average molecular weight is 346 g/mol. The van der Waals surface area contributed by atoms with Gasteiger partial charge in [-0.2, -0.15) is 0 Å². The van der Waals surface area contributed by atoms with Gasteiger partial charge in [0, 0.05) is 100 Å². The van der Waals surface area contributed by atoms with Gasteiger partial charge in [0.05, 0.1) is 0 Å². The molecular weight excluding hydrogens is 346 g/mol. The molecule has 0 amide bonds. The summed E-state index contributed by atoms with van der Waals surface area (Å²) < 4.78 is 0. The molecule has 0 N–H and O–H groups in total. The van der Waals surface area contributed by atoms with Crippen LogP contribution in [0.1, 0.15) is 0 Å². The van der Waals surface area contributed by atoms with Gasteiger partial charge in [-0.25, -0.2) is 0 Å². The Morgan fingerprint density at radius 3 is 1.00 bits per heavy atom. The monoisotopic (exact) mass is 347 g/mol. The van der Waals surface area contributed by atoms with Gasteiger partial charge in [-0.3, -0.25) is 0 Å². The molecular formula is BCuFeMnMoZn. The standard InChI is InChI=1S/B.Cu.Fe.Mn.Mo.Zn. The van der Waals surface area contributed by atoms with Crippen molar-refractivity contribution in [2.75, 3.05) is 0 Å². The van der Waals surface area contributed by atoms with E-state index in [1.165, 1.54) is 0 Å². The Bertz CT molecular complexity index is 15.5. The van der Waals surface area contributed by atoms with Crippen molar-refractivity contribution in [3.05, 3.63) is 0 Å². The molecule has 6 heavy (non-hydrogen) atoms. The van der Waals surface area contributed by atoms with E-state index >= 15 is 0 Å². The molecule has 0 bridgehead atoms. The third kappa shape index (κ3) is 28.4. The maximum Gasteiger partial charge on any atom is 0 e. The van der Waals surface area contributed by atoms with Crippen molar-refractivity contribution in [2.45, 2.75) is 0 Å². The minimum atomic E-state index is 0. The van der Waals surface area contributed by atoms with Gasteiger partial charge >= 0.3 is 0 Å². The summed E-state index contributed by atoms with van der Waals surface area (Å²) in [6, 6.07) is 0. The van der Waals surface area contributed by atoms with Crippen LogP contribution >= 0.6 is 0 Å². The zero-order chi connectivity index (χ0) is 0. The average Bonchev–Trinajstić information content (AvgIpc) is 0. The van der Waals surface area contributed by atoms with Crippen LogP contribution in [0.5, 0.6) is 0 Å². The summed E-state index contributed by atoms with van der Waals surface area (Å²) in [6.07, 6.45) is 0. The van der Waals surface area contributed by atoms with E-state index in [1.54, 1.807) is 0 Å². The van der Waals surface area contributed by atoms with Gasteiger partial charge in [0.1, 0.15) is 0 Å². The van der Waals surface area contributed by atoms with Gasteiger partial charge in [-0.15, -0.1) is 0 Å². The summed E-state index contributed by atoms with van der Waals surface area (Å²) in [7, 11) is 0. The molecule has 0 spiro atoms. The Labute approximate surface area is 98.7 Å². The van der Waals surface area contributed by atoms with Gasteiger partial charge in [0.15, 0.2) is 0 Å². The van der Waals surface area contributed by atoms with Crippen molar-refractivity contribution < 1.29 is 91.7 Å². The molecule has 0 nitrogen and oxygen atoms in total. The molecule has 0 aliphatic heterocycles. The van der Waals surface area contributed by atoms with Gasteiger partial charge in [0.2, 0.25) is 0 Å². The first-order valence-corrected chi connectivity index (χ1v) is 0. The van der Waals surface area contributed by atoms with Crippen molar-refractivity contribution in [2.24, 2.45) is 0 Å². The Kier molecular flexibility index (Phi) is 482. The third-order valence-corrected chi connectivity index (χ3v) is 0. The second-order valence-corrected chi connectivity index (χ2v) is 0. The van der Waals surface area contributed by atoms with E-state index in [1.807, 2.05) is 0 Å². The van der Waals surface area contributed by atoms with E-state index < -0.39 is 0 Å². The Morgan fingerprint density at radius 1 is 1.00 bits per heavy atom. The van der Waals surface area contributed by atoms with Crippen molar-refractivity contribution in [3.63, 3.8) is 0 Å². The van der Waals surface area contributed by atoms with Gasteiger partial charge in [0.25, 0.3) is 0 Å². The number of rotatable bonds is 0. The predicted octanol–water partition coefficient (Wildman–Crippen LogP) is -0.393. The topological polar surface area (TPSA) is 0 Å². The third-order valence-electron chi connectivity index (χ3n) is 0. The summed E-state index contributed by atoms with van der Waals surface area (Å²) in [5.41, 5.74) is 0. The smallest absolute Gasteiger partial charge is 0 e. The zero-order valence-electron chi connectivity index (χ0n) is 2.73. The Balaban J connectivity index is 0. The second kappa shape index (κ2) is 44.3. The number of hydrogen-bond acceptors (Lipinski definition) is 0. The maximum atomic E-state index is 0. The minimum Gasteiger partial charge on any atom is 0 e. The first-order valence-electron chi connectivity index (χ1n) is 0.